The van der Waals surface area contributed by atoms with Gasteiger partial charge in [-0.15, -0.1) is 0 Å². The summed E-state index contributed by atoms with van der Waals surface area (Å²) in [5.41, 5.74) is -0.0942. The number of nitrogens with zero attached hydrogens (tertiary/aromatic N) is 3. The number of hydrogen-bond acceptors (Lipinski definition) is 9. The van der Waals surface area contributed by atoms with Crippen LogP contribution in [0.1, 0.15) is 10.4 Å². The van der Waals surface area contributed by atoms with Crippen LogP contribution in [-0.4, -0.2) is 51.1 Å². The van der Waals surface area contributed by atoms with Gasteiger partial charge in [0.2, 0.25) is 19.9 Å². The van der Waals surface area contributed by atoms with Crippen molar-refractivity contribution >= 4 is 47.9 Å². The summed E-state index contributed by atoms with van der Waals surface area (Å²) in [5.74, 6) is -0.604. The second-order valence-corrected chi connectivity index (χ2v) is 11.9. The van der Waals surface area contributed by atoms with E-state index in [4.69, 9.17) is 0 Å². The predicted molar refractivity (Wildman–Crippen MR) is 116 cm³/mol. The van der Waals surface area contributed by atoms with Gasteiger partial charge in [-0.25, -0.2) is 26.1 Å². The summed E-state index contributed by atoms with van der Waals surface area (Å²) in [6.45, 7) is 0. The summed E-state index contributed by atoms with van der Waals surface area (Å²) in [6, 6.07) is 9.63. The van der Waals surface area contributed by atoms with E-state index in [1.165, 1.54) is 38.4 Å². The average molecular weight is 497 g/mol. The Hall–Kier alpha value is -3.20. The quantitative estimate of drug-likeness (QED) is 0.386. The number of carbonyl (C=O) groups excluding carboxylic acids is 1. The van der Waals surface area contributed by atoms with Gasteiger partial charge >= 0.3 is 0 Å². The molecule has 0 saturated heterocycles. The van der Waals surface area contributed by atoms with Gasteiger partial charge in [-0.3, -0.25) is 20.2 Å². The van der Waals surface area contributed by atoms with Crippen molar-refractivity contribution in [2.45, 2.75) is 14.0 Å². The van der Waals surface area contributed by atoms with E-state index in [2.05, 4.69) is 10.3 Å². The fraction of sp³-hybridized carbons (Fsp3) is 0.111. The lowest BCUT2D eigenvalue weighted by Crippen LogP contribution is -2.22. The lowest BCUT2D eigenvalue weighted by atomic mass is 10.2. The van der Waals surface area contributed by atoms with Crippen molar-refractivity contribution in [3.63, 3.8) is 0 Å². The van der Waals surface area contributed by atoms with Crippen LogP contribution < -0.4 is 5.32 Å². The highest BCUT2D eigenvalue weighted by Gasteiger charge is 2.23. The van der Waals surface area contributed by atoms with E-state index in [0.717, 1.165) is 34.8 Å². The third kappa shape index (κ3) is 4.67. The van der Waals surface area contributed by atoms with Gasteiger partial charge in [0.15, 0.2) is 5.13 Å². The fourth-order valence-corrected chi connectivity index (χ4v) is 5.79. The van der Waals surface area contributed by atoms with Crippen LogP contribution in [0.5, 0.6) is 0 Å². The first-order valence-corrected chi connectivity index (χ1v) is 12.5. The van der Waals surface area contributed by atoms with Crippen molar-refractivity contribution < 1.29 is 26.6 Å². The number of benzene rings is 2. The number of sulfone groups is 1. The van der Waals surface area contributed by atoms with Crippen LogP contribution in [0.15, 0.2) is 68.7 Å². The summed E-state index contributed by atoms with van der Waals surface area (Å²) in [4.78, 5) is 26.3. The Morgan fingerprint density at radius 3 is 2.09 bits per heavy atom. The first kappa shape index (κ1) is 23.5. The number of carbonyl (C=O) groups is 1. The van der Waals surface area contributed by atoms with E-state index < -0.39 is 30.7 Å². The van der Waals surface area contributed by atoms with Crippen molar-refractivity contribution in [1.82, 2.24) is 9.29 Å². The van der Waals surface area contributed by atoms with Crippen LogP contribution in [0.25, 0.3) is 0 Å². The predicted octanol–water partition coefficient (Wildman–Crippen LogP) is 2.39. The summed E-state index contributed by atoms with van der Waals surface area (Å²) >= 11 is 0.712. The molecule has 0 aliphatic carbocycles. The molecule has 1 heterocycles. The number of amides is 1. The molecule has 1 aromatic heterocycles. The lowest BCUT2D eigenvalue weighted by molar-refractivity contribution is -0.384. The molecule has 2 aromatic carbocycles. The number of aromatic nitrogens is 1. The Morgan fingerprint density at radius 1 is 1.00 bits per heavy atom. The maximum atomic E-state index is 12.7. The van der Waals surface area contributed by atoms with E-state index in [1.807, 2.05) is 0 Å². The number of nitro benzene ring substituents is 1. The molecule has 0 aliphatic heterocycles. The monoisotopic (exact) mass is 496 g/mol. The fourth-order valence-electron chi connectivity index (χ4n) is 2.46. The topological polar surface area (TPSA) is 157 Å². The maximum absolute atomic E-state index is 12.7. The normalized spacial score (nSPS) is 12.0. The van der Waals surface area contributed by atoms with Gasteiger partial charge in [-0.05, 0) is 36.4 Å². The third-order valence-corrected chi connectivity index (χ3v) is 9.20. The standard InChI is InChI=1S/C18H16N4O7S3/c1-21(2)32(28,29)15-7-3-12(4-8-15)17(23)20-18-19-11-16(30-18)31(26,27)14-9-5-13(6-10-14)22(24)25/h3-11H,1-2H3,(H,19,20,23). The highest BCUT2D eigenvalue weighted by atomic mass is 32.2. The highest BCUT2D eigenvalue weighted by molar-refractivity contribution is 7.93. The molecule has 32 heavy (non-hydrogen) atoms. The number of anilines is 1. The van der Waals surface area contributed by atoms with Gasteiger partial charge in [0.05, 0.1) is 20.9 Å². The first-order chi connectivity index (χ1) is 14.9. The van der Waals surface area contributed by atoms with Gasteiger partial charge < -0.3 is 0 Å². The van der Waals surface area contributed by atoms with E-state index in [0.29, 0.717) is 11.3 Å². The van der Waals surface area contributed by atoms with Crippen molar-refractivity contribution in [2.75, 3.05) is 19.4 Å². The molecular weight excluding hydrogens is 480 g/mol. The lowest BCUT2D eigenvalue weighted by Gasteiger charge is -2.11. The third-order valence-electron chi connectivity index (χ3n) is 4.22. The number of thiazole rings is 1. The molecule has 0 aliphatic rings. The van der Waals surface area contributed by atoms with Crippen LogP contribution in [0.2, 0.25) is 0 Å². The highest BCUT2D eigenvalue weighted by Crippen LogP contribution is 2.29. The number of nitrogens with one attached hydrogen (secondary N) is 1. The SMILES string of the molecule is CN(C)S(=O)(=O)c1ccc(C(=O)Nc2ncc(S(=O)(=O)c3ccc([N+](=O)[O-])cc3)s2)cc1. The molecule has 11 nitrogen and oxygen atoms in total. The van der Waals surface area contributed by atoms with E-state index in [9.17, 15) is 31.7 Å². The Bertz CT molecular complexity index is 1380. The Morgan fingerprint density at radius 2 is 1.56 bits per heavy atom. The number of non-ortho nitro benzene ring substituents is 1. The minimum absolute atomic E-state index is 0.0143. The van der Waals surface area contributed by atoms with Crippen molar-refractivity contribution in [3.8, 4) is 0 Å². The Balaban J connectivity index is 1.77. The van der Waals surface area contributed by atoms with Gasteiger partial charge in [-0.2, -0.15) is 0 Å². The largest absolute Gasteiger partial charge is 0.298 e. The van der Waals surface area contributed by atoms with Crippen molar-refractivity contribution in [2.24, 2.45) is 0 Å². The van der Waals surface area contributed by atoms with Crippen LogP contribution >= 0.6 is 11.3 Å². The van der Waals surface area contributed by atoms with Gasteiger partial charge in [0, 0.05) is 31.8 Å². The van der Waals surface area contributed by atoms with Crippen LogP contribution in [0.4, 0.5) is 10.8 Å². The van der Waals surface area contributed by atoms with Crippen LogP contribution in [-0.2, 0) is 19.9 Å². The summed E-state index contributed by atoms with van der Waals surface area (Å²) in [5, 5.41) is 13.2. The molecule has 3 aromatic rings. The molecule has 0 radical (unpaired) electrons. The number of sulfonamides is 1. The smallest absolute Gasteiger partial charge is 0.269 e. The summed E-state index contributed by atoms with van der Waals surface area (Å²) in [7, 11) is -4.84. The molecule has 3 rings (SSSR count). The zero-order valence-electron chi connectivity index (χ0n) is 16.6. The zero-order chi connectivity index (χ0) is 23.7. The van der Waals surface area contributed by atoms with Crippen molar-refractivity contribution in [1.29, 1.82) is 0 Å². The molecule has 0 fully saturated rings. The molecule has 0 unspecified atom stereocenters. The molecule has 168 valence electrons. The minimum atomic E-state index is -3.98. The van der Waals surface area contributed by atoms with Gasteiger partial charge in [0.1, 0.15) is 4.21 Å². The maximum Gasteiger partial charge on any atom is 0.269 e. The first-order valence-electron chi connectivity index (χ1n) is 8.72. The second-order valence-electron chi connectivity index (χ2n) is 6.50. The number of hydrogen-bond donors (Lipinski definition) is 1. The average Bonchev–Trinajstić information content (AvgIpc) is 3.23. The molecule has 0 atom stereocenters. The van der Waals surface area contributed by atoms with E-state index in [-0.39, 0.29) is 30.4 Å². The molecular formula is C18H16N4O7S3. The number of nitro groups is 1. The molecule has 0 bridgehead atoms. The number of rotatable bonds is 7. The van der Waals surface area contributed by atoms with Crippen LogP contribution in [0.3, 0.4) is 0 Å². The molecule has 0 saturated carbocycles. The molecule has 0 spiro atoms. The van der Waals surface area contributed by atoms with Gasteiger partial charge in [0.25, 0.3) is 11.6 Å². The van der Waals surface area contributed by atoms with E-state index >= 15 is 0 Å². The van der Waals surface area contributed by atoms with Crippen LogP contribution in [0, 0.1) is 10.1 Å². The summed E-state index contributed by atoms with van der Waals surface area (Å²) in [6.07, 6.45) is 1.07. The molecule has 1 amide bonds. The minimum Gasteiger partial charge on any atom is -0.298 e. The van der Waals surface area contributed by atoms with Gasteiger partial charge in [-0.1, -0.05) is 11.3 Å². The summed E-state index contributed by atoms with van der Waals surface area (Å²) < 4.78 is 50.5. The molecule has 1 N–H and O–H groups in total. The Labute approximate surface area is 187 Å². The van der Waals surface area contributed by atoms with Crippen molar-refractivity contribution in [3.05, 3.63) is 70.4 Å². The Kier molecular flexibility index (Phi) is 6.41. The zero-order valence-corrected chi connectivity index (χ0v) is 19.1. The van der Waals surface area contributed by atoms with E-state index in [1.54, 1.807) is 0 Å². The molecule has 14 heteroatoms. The second kappa shape index (κ2) is 8.74.